The highest BCUT2D eigenvalue weighted by atomic mass is 35.5. The first-order chi connectivity index (χ1) is 7.99. The summed E-state index contributed by atoms with van der Waals surface area (Å²) < 4.78 is 0. The minimum Gasteiger partial charge on any atom is -0.315 e. The molecule has 0 aliphatic rings. The summed E-state index contributed by atoms with van der Waals surface area (Å²) >= 11 is 11.7. The standard InChI is InChI=1S/C12H14Cl2N2O/c1-8(2)5-6-15-12(17)16-11-4-3-9(13)7-10(11)14/h3-8H,1-2H3,(H2,15,16,17)/b6-5+. The average molecular weight is 273 g/mol. The van der Waals surface area contributed by atoms with Crippen molar-refractivity contribution in [2.45, 2.75) is 13.8 Å². The lowest BCUT2D eigenvalue weighted by Crippen LogP contribution is -2.24. The Morgan fingerprint density at radius 3 is 2.65 bits per heavy atom. The lowest BCUT2D eigenvalue weighted by Gasteiger charge is -2.07. The van der Waals surface area contributed by atoms with E-state index in [1.807, 2.05) is 19.9 Å². The number of carbonyl (C=O) groups excluding carboxylic acids is 1. The molecule has 92 valence electrons. The third-order valence-corrected chi connectivity index (χ3v) is 2.42. The molecule has 1 aromatic rings. The average Bonchev–Trinajstić information content (AvgIpc) is 2.21. The SMILES string of the molecule is CC(C)/C=C/NC(=O)Nc1ccc(Cl)cc1Cl. The predicted octanol–water partition coefficient (Wildman–Crippen LogP) is 4.28. The predicted molar refractivity (Wildman–Crippen MR) is 72.6 cm³/mol. The van der Waals surface area contributed by atoms with E-state index >= 15 is 0 Å². The maximum Gasteiger partial charge on any atom is 0.323 e. The van der Waals surface area contributed by atoms with Crippen molar-refractivity contribution >= 4 is 34.9 Å². The van der Waals surface area contributed by atoms with Crippen LogP contribution in [0.4, 0.5) is 10.5 Å². The molecular formula is C12H14Cl2N2O. The van der Waals surface area contributed by atoms with Crippen molar-refractivity contribution in [3.8, 4) is 0 Å². The minimum atomic E-state index is -0.342. The number of carbonyl (C=O) groups is 1. The summed E-state index contributed by atoms with van der Waals surface area (Å²) in [5.74, 6) is 0.384. The van der Waals surface area contributed by atoms with Crippen molar-refractivity contribution in [1.29, 1.82) is 0 Å². The molecule has 0 saturated carbocycles. The molecule has 0 aliphatic carbocycles. The molecule has 0 aromatic heterocycles. The molecular weight excluding hydrogens is 259 g/mol. The van der Waals surface area contributed by atoms with E-state index in [2.05, 4.69) is 10.6 Å². The third kappa shape index (κ3) is 5.11. The van der Waals surface area contributed by atoms with Gasteiger partial charge >= 0.3 is 6.03 Å². The summed E-state index contributed by atoms with van der Waals surface area (Å²) in [5, 5.41) is 6.13. The van der Waals surface area contributed by atoms with Gasteiger partial charge in [0.15, 0.2) is 0 Å². The van der Waals surface area contributed by atoms with Gasteiger partial charge in [0.25, 0.3) is 0 Å². The lowest BCUT2D eigenvalue weighted by atomic mass is 10.2. The molecule has 0 fully saturated rings. The highest BCUT2D eigenvalue weighted by molar-refractivity contribution is 6.36. The van der Waals surface area contributed by atoms with Crippen molar-refractivity contribution in [2.75, 3.05) is 5.32 Å². The van der Waals surface area contributed by atoms with Gasteiger partial charge in [0, 0.05) is 11.2 Å². The Balaban J connectivity index is 2.56. The van der Waals surface area contributed by atoms with Crippen LogP contribution >= 0.6 is 23.2 Å². The van der Waals surface area contributed by atoms with Crippen LogP contribution in [0.3, 0.4) is 0 Å². The smallest absolute Gasteiger partial charge is 0.315 e. The molecule has 5 heteroatoms. The first-order valence-corrected chi connectivity index (χ1v) is 5.94. The largest absolute Gasteiger partial charge is 0.323 e. The van der Waals surface area contributed by atoms with Crippen molar-refractivity contribution < 1.29 is 4.79 Å². The van der Waals surface area contributed by atoms with E-state index in [9.17, 15) is 4.79 Å². The highest BCUT2D eigenvalue weighted by Gasteiger charge is 2.04. The van der Waals surface area contributed by atoms with E-state index in [0.29, 0.717) is 21.7 Å². The van der Waals surface area contributed by atoms with E-state index in [4.69, 9.17) is 23.2 Å². The van der Waals surface area contributed by atoms with E-state index in [-0.39, 0.29) is 6.03 Å². The van der Waals surface area contributed by atoms with E-state index < -0.39 is 0 Å². The first kappa shape index (κ1) is 13.9. The molecule has 1 aromatic carbocycles. The van der Waals surface area contributed by atoms with E-state index in [1.165, 1.54) is 0 Å². The lowest BCUT2D eigenvalue weighted by molar-refractivity contribution is 0.255. The molecule has 0 bridgehead atoms. The number of anilines is 1. The van der Waals surface area contributed by atoms with Gasteiger partial charge in [-0.05, 0) is 24.1 Å². The molecule has 2 N–H and O–H groups in total. The summed E-state index contributed by atoms with van der Waals surface area (Å²) in [5.41, 5.74) is 0.520. The fourth-order valence-electron chi connectivity index (χ4n) is 1.07. The second-order valence-corrected chi connectivity index (χ2v) is 4.67. The Labute approximate surface area is 111 Å². The maximum absolute atomic E-state index is 11.5. The van der Waals surface area contributed by atoms with Crippen molar-refractivity contribution in [2.24, 2.45) is 5.92 Å². The van der Waals surface area contributed by atoms with Gasteiger partial charge in [0.2, 0.25) is 0 Å². The summed E-state index contributed by atoms with van der Waals surface area (Å²) in [6, 6.07) is 4.54. The van der Waals surface area contributed by atoms with Gasteiger partial charge in [-0.3, -0.25) is 0 Å². The Hall–Kier alpha value is -1.19. The summed E-state index contributed by atoms with van der Waals surface area (Å²) in [6.07, 6.45) is 3.48. The van der Waals surface area contributed by atoms with Crippen LogP contribution < -0.4 is 10.6 Å². The van der Waals surface area contributed by atoms with Crippen molar-refractivity contribution in [1.82, 2.24) is 5.32 Å². The van der Waals surface area contributed by atoms with E-state index in [0.717, 1.165) is 0 Å². The molecule has 3 nitrogen and oxygen atoms in total. The number of rotatable bonds is 3. The van der Waals surface area contributed by atoms with E-state index in [1.54, 1.807) is 24.4 Å². The maximum atomic E-state index is 11.5. The number of amides is 2. The molecule has 0 saturated heterocycles. The number of benzene rings is 1. The van der Waals surface area contributed by atoms with Crippen LogP contribution in [0.15, 0.2) is 30.5 Å². The van der Waals surface area contributed by atoms with Gasteiger partial charge in [-0.25, -0.2) is 4.79 Å². The molecule has 0 heterocycles. The number of urea groups is 1. The van der Waals surface area contributed by atoms with Gasteiger partial charge in [0.05, 0.1) is 10.7 Å². The third-order valence-electron chi connectivity index (χ3n) is 1.87. The second kappa shape index (κ2) is 6.52. The summed E-state index contributed by atoms with van der Waals surface area (Å²) in [7, 11) is 0. The number of nitrogens with one attached hydrogen (secondary N) is 2. The molecule has 0 aliphatic heterocycles. The Morgan fingerprint density at radius 2 is 2.06 bits per heavy atom. The van der Waals surface area contributed by atoms with Crippen LogP contribution in [-0.2, 0) is 0 Å². The zero-order chi connectivity index (χ0) is 12.8. The van der Waals surface area contributed by atoms with Crippen LogP contribution in [0, 0.1) is 5.92 Å². The molecule has 0 atom stereocenters. The zero-order valence-electron chi connectivity index (χ0n) is 9.63. The van der Waals surface area contributed by atoms with Crippen LogP contribution in [0.25, 0.3) is 0 Å². The Bertz CT molecular complexity index is 431. The fraction of sp³-hybridized carbons (Fsp3) is 0.250. The number of allylic oxidation sites excluding steroid dienone is 1. The second-order valence-electron chi connectivity index (χ2n) is 3.83. The minimum absolute atomic E-state index is 0.342. The van der Waals surface area contributed by atoms with Crippen molar-refractivity contribution in [3.63, 3.8) is 0 Å². The summed E-state index contributed by atoms with van der Waals surface area (Å²) in [6.45, 7) is 4.04. The van der Waals surface area contributed by atoms with Gasteiger partial charge in [-0.15, -0.1) is 0 Å². The number of halogens is 2. The van der Waals surface area contributed by atoms with Gasteiger partial charge < -0.3 is 10.6 Å². The first-order valence-electron chi connectivity index (χ1n) is 5.18. The fourth-order valence-corrected chi connectivity index (χ4v) is 1.52. The topological polar surface area (TPSA) is 41.1 Å². The highest BCUT2D eigenvalue weighted by Crippen LogP contribution is 2.25. The van der Waals surface area contributed by atoms with Crippen LogP contribution in [-0.4, -0.2) is 6.03 Å². The van der Waals surface area contributed by atoms with Gasteiger partial charge in [0.1, 0.15) is 0 Å². The summed E-state index contributed by atoms with van der Waals surface area (Å²) in [4.78, 5) is 11.5. The zero-order valence-corrected chi connectivity index (χ0v) is 11.1. The quantitative estimate of drug-likeness (QED) is 0.847. The number of hydrogen-bond acceptors (Lipinski definition) is 1. The molecule has 0 radical (unpaired) electrons. The van der Waals surface area contributed by atoms with Crippen LogP contribution in [0.1, 0.15) is 13.8 Å². The molecule has 0 spiro atoms. The van der Waals surface area contributed by atoms with Crippen molar-refractivity contribution in [3.05, 3.63) is 40.5 Å². The van der Waals surface area contributed by atoms with Crippen LogP contribution in [0.5, 0.6) is 0 Å². The van der Waals surface area contributed by atoms with Gasteiger partial charge in [-0.1, -0.05) is 43.1 Å². The van der Waals surface area contributed by atoms with Gasteiger partial charge in [-0.2, -0.15) is 0 Å². The molecule has 2 amide bonds. The molecule has 17 heavy (non-hydrogen) atoms. The monoisotopic (exact) mass is 272 g/mol. The molecule has 1 rings (SSSR count). The Morgan fingerprint density at radius 1 is 1.35 bits per heavy atom. The normalized spacial score (nSPS) is 10.9. The Kier molecular flexibility index (Phi) is 5.32. The number of hydrogen-bond donors (Lipinski definition) is 2. The van der Waals surface area contributed by atoms with Crippen LogP contribution in [0.2, 0.25) is 10.0 Å². The molecule has 0 unspecified atom stereocenters.